The number of carbonyl (C=O) groups excluding carboxylic acids is 2. The fraction of sp³-hybridized carbons (Fsp3) is 0.222. The topological polar surface area (TPSA) is 75.6 Å². The number of phenolic OH excluding ortho intramolecular Hbond substituents is 1. The molecule has 24 heavy (non-hydrogen) atoms. The molecule has 0 aromatic heterocycles. The first kappa shape index (κ1) is 17.8. The van der Waals surface area contributed by atoms with Crippen molar-refractivity contribution in [3.63, 3.8) is 0 Å². The van der Waals surface area contributed by atoms with E-state index in [4.69, 9.17) is 16.3 Å². The first-order chi connectivity index (χ1) is 11.3. The predicted molar refractivity (Wildman–Crippen MR) is 92.7 cm³/mol. The maximum absolute atomic E-state index is 12.0. The van der Waals surface area contributed by atoms with Gasteiger partial charge in [-0.1, -0.05) is 29.3 Å². The average molecular weight is 348 g/mol. The van der Waals surface area contributed by atoms with Crippen molar-refractivity contribution in [2.45, 2.75) is 20.8 Å². The summed E-state index contributed by atoms with van der Waals surface area (Å²) in [6.07, 6.45) is 0. The van der Waals surface area contributed by atoms with Gasteiger partial charge in [-0.05, 0) is 50.1 Å². The lowest BCUT2D eigenvalue weighted by molar-refractivity contribution is -0.119. The van der Waals surface area contributed by atoms with E-state index in [2.05, 4.69) is 5.32 Å². The second kappa shape index (κ2) is 7.36. The molecule has 0 spiro atoms. The van der Waals surface area contributed by atoms with Crippen molar-refractivity contribution >= 4 is 29.2 Å². The highest BCUT2D eigenvalue weighted by atomic mass is 35.5. The lowest BCUT2D eigenvalue weighted by atomic mass is 10.1. The van der Waals surface area contributed by atoms with E-state index in [1.807, 2.05) is 19.9 Å². The number of phenols is 1. The number of hydrogen-bond donors (Lipinski definition) is 2. The molecule has 2 aromatic carbocycles. The van der Waals surface area contributed by atoms with E-state index in [1.54, 1.807) is 19.1 Å². The van der Waals surface area contributed by atoms with Crippen molar-refractivity contribution in [1.82, 2.24) is 0 Å². The zero-order valence-electron chi connectivity index (χ0n) is 13.6. The van der Waals surface area contributed by atoms with E-state index in [0.717, 1.165) is 16.7 Å². The third kappa shape index (κ3) is 4.26. The summed E-state index contributed by atoms with van der Waals surface area (Å²) in [7, 11) is 0. The fourth-order valence-corrected chi connectivity index (χ4v) is 2.64. The Labute approximate surface area is 145 Å². The smallest absolute Gasteiger partial charge is 0.342 e. The molecule has 2 rings (SSSR count). The summed E-state index contributed by atoms with van der Waals surface area (Å²) in [5.41, 5.74) is 3.10. The van der Waals surface area contributed by atoms with Crippen molar-refractivity contribution in [3.8, 4) is 5.75 Å². The van der Waals surface area contributed by atoms with E-state index in [-0.39, 0.29) is 11.3 Å². The Morgan fingerprint density at radius 2 is 1.83 bits per heavy atom. The molecular weight excluding hydrogens is 330 g/mol. The highest BCUT2D eigenvalue weighted by Gasteiger charge is 2.16. The van der Waals surface area contributed by atoms with Crippen LogP contribution >= 0.6 is 11.6 Å². The Morgan fingerprint density at radius 1 is 1.12 bits per heavy atom. The van der Waals surface area contributed by atoms with Gasteiger partial charge in [0.15, 0.2) is 6.61 Å². The Morgan fingerprint density at radius 3 is 2.50 bits per heavy atom. The van der Waals surface area contributed by atoms with Crippen LogP contribution in [0.1, 0.15) is 27.0 Å². The number of amides is 1. The van der Waals surface area contributed by atoms with Gasteiger partial charge in [0.25, 0.3) is 5.91 Å². The molecule has 126 valence electrons. The third-order valence-electron chi connectivity index (χ3n) is 3.40. The number of aryl methyl sites for hydroxylation is 3. The Balaban J connectivity index is 2.01. The molecule has 0 aliphatic heterocycles. The van der Waals surface area contributed by atoms with Crippen LogP contribution in [0.5, 0.6) is 5.75 Å². The summed E-state index contributed by atoms with van der Waals surface area (Å²) in [4.78, 5) is 23.9. The quantitative estimate of drug-likeness (QED) is 0.825. The maximum Gasteiger partial charge on any atom is 0.342 e. The van der Waals surface area contributed by atoms with Gasteiger partial charge in [-0.3, -0.25) is 4.79 Å². The zero-order chi connectivity index (χ0) is 17.9. The normalized spacial score (nSPS) is 10.3. The number of hydrogen-bond acceptors (Lipinski definition) is 4. The highest BCUT2D eigenvalue weighted by Crippen LogP contribution is 2.27. The van der Waals surface area contributed by atoms with Gasteiger partial charge in [0.05, 0.1) is 10.7 Å². The van der Waals surface area contributed by atoms with Crippen LogP contribution in [0.2, 0.25) is 5.02 Å². The predicted octanol–water partition coefficient (Wildman–Crippen LogP) is 3.77. The second-order valence-corrected chi connectivity index (χ2v) is 5.99. The summed E-state index contributed by atoms with van der Waals surface area (Å²) >= 11 is 6.12. The molecule has 0 saturated carbocycles. The van der Waals surface area contributed by atoms with Crippen molar-refractivity contribution < 1.29 is 19.4 Å². The number of carbonyl (C=O) groups is 2. The molecule has 0 unspecified atom stereocenters. The molecule has 2 aromatic rings. The van der Waals surface area contributed by atoms with Gasteiger partial charge in [0, 0.05) is 0 Å². The monoisotopic (exact) mass is 347 g/mol. The second-order valence-electron chi connectivity index (χ2n) is 5.58. The summed E-state index contributed by atoms with van der Waals surface area (Å²) in [6, 6.07) is 8.19. The number of nitrogens with one attached hydrogen (secondary N) is 1. The highest BCUT2D eigenvalue weighted by molar-refractivity contribution is 6.34. The van der Waals surface area contributed by atoms with E-state index >= 15 is 0 Å². The van der Waals surface area contributed by atoms with Gasteiger partial charge >= 0.3 is 5.97 Å². The molecule has 0 atom stereocenters. The van der Waals surface area contributed by atoms with Crippen LogP contribution in [-0.4, -0.2) is 23.6 Å². The largest absolute Gasteiger partial charge is 0.507 e. The first-order valence-electron chi connectivity index (χ1n) is 7.31. The summed E-state index contributed by atoms with van der Waals surface area (Å²) in [5, 5.41) is 12.7. The Hall–Kier alpha value is -2.53. The Kier molecular flexibility index (Phi) is 5.46. The fourth-order valence-electron chi connectivity index (χ4n) is 2.27. The lowest BCUT2D eigenvalue weighted by Gasteiger charge is -2.12. The zero-order valence-corrected chi connectivity index (χ0v) is 14.4. The first-order valence-corrected chi connectivity index (χ1v) is 7.69. The number of halogens is 1. The summed E-state index contributed by atoms with van der Waals surface area (Å²) in [6.45, 7) is 5.03. The van der Waals surface area contributed by atoms with E-state index in [9.17, 15) is 14.7 Å². The number of rotatable bonds is 4. The van der Waals surface area contributed by atoms with Crippen molar-refractivity contribution in [1.29, 1.82) is 0 Å². The minimum Gasteiger partial charge on any atom is -0.507 e. The lowest BCUT2D eigenvalue weighted by Crippen LogP contribution is -2.21. The van der Waals surface area contributed by atoms with Crippen molar-refractivity contribution in [2.24, 2.45) is 0 Å². The number of benzene rings is 2. The maximum atomic E-state index is 12.0. The molecule has 0 radical (unpaired) electrons. The number of aromatic hydroxyl groups is 1. The molecule has 0 fully saturated rings. The van der Waals surface area contributed by atoms with Gasteiger partial charge in [-0.25, -0.2) is 4.79 Å². The molecule has 0 heterocycles. The van der Waals surface area contributed by atoms with Crippen LogP contribution in [-0.2, 0) is 9.53 Å². The molecule has 5 nitrogen and oxygen atoms in total. The molecule has 1 amide bonds. The van der Waals surface area contributed by atoms with Crippen molar-refractivity contribution in [3.05, 3.63) is 57.6 Å². The number of esters is 1. The van der Waals surface area contributed by atoms with Gasteiger partial charge in [-0.2, -0.15) is 0 Å². The SMILES string of the molecule is Cc1cc(C)c(NC(=O)COC(=O)c2cc(C)ccc2O)c(Cl)c1. The molecule has 0 aliphatic rings. The van der Waals surface area contributed by atoms with Crippen LogP contribution < -0.4 is 5.32 Å². The standard InChI is InChI=1S/C18H18ClNO4/c1-10-4-5-15(21)13(7-10)18(23)24-9-16(22)20-17-12(3)6-11(2)8-14(17)19/h4-8,21H,9H2,1-3H3,(H,20,22). The third-order valence-corrected chi connectivity index (χ3v) is 3.70. The van der Waals surface area contributed by atoms with Crippen LogP contribution in [0.4, 0.5) is 5.69 Å². The van der Waals surface area contributed by atoms with Gasteiger partial charge in [0.2, 0.25) is 0 Å². The minimum absolute atomic E-state index is 0.0207. The van der Waals surface area contributed by atoms with E-state index in [0.29, 0.717) is 10.7 Å². The van der Waals surface area contributed by atoms with Gasteiger partial charge < -0.3 is 15.2 Å². The molecule has 0 saturated heterocycles. The van der Waals surface area contributed by atoms with Crippen LogP contribution in [0.3, 0.4) is 0 Å². The number of anilines is 1. The summed E-state index contributed by atoms with van der Waals surface area (Å²) < 4.78 is 4.95. The summed E-state index contributed by atoms with van der Waals surface area (Å²) in [5.74, 6) is -1.47. The molecule has 6 heteroatoms. The van der Waals surface area contributed by atoms with Crippen LogP contribution in [0.25, 0.3) is 0 Å². The van der Waals surface area contributed by atoms with E-state index in [1.165, 1.54) is 12.1 Å². The Bertz CT molecular complexity index is 779. The van der Waals surface area contributed by atoms with Crippen LogP contribution in [0, 0.1) is 20.8 Å². The number of ether oxygens (including phenoxy) is 1. The molecular formula is C18H18ClNO4. The van der Waals surface area contributed by atoms with Gasteiger partial charge in [-0.15, -0.1) is 0 Å². The van der Waals surface area contributed by atoms with Gasteiger partial charge in [0.1, 0.15) is 11.3 Å². The molecule has 2 N–H and O–H groups in total. The van der Waals surface area contributed by atoms with Crippen LogP contribution in [0.15, 0.2) is 30.3 Å². The van der Waals surface area contributed by atoms with Crippen molar-refractivity contribution in [2.75, 3.05) is 11.9 Å². The van der Waals surface area contributed by atoms with E-state index < -0.39 is 18.5 Å². The molecule has 0 aliphatic carbocycles. The minimum atomic E-state index is -0.766. The average Bonchev–Trinajstić information content (AvgIpc) is 2.50. The molecule has 0 bridgehead atoms.